The SMILES string of the molecule is CCCCN(C(=O)c1cc2c(C)nn(Cc3ccccc3Cl)c2s1)[C@H]1CCS(=O)(=O)C1. The van der Waals surface area contributed by atoms with Crippen LogP contribution in [0, 0.1) is 6.92 Å². The predicted molar refractivity (Wildman–Crippen MR) is 126 cm³/mol. The maximum atomic E-state index is 13.4. The highest BCUT2D eigenvalue weighted by molar-refractivity contribution is 7.91. The Morgan fingerprint density at radius 2 is 2.13 bits per heavy atom. The first kappa shape index (κ1) is 22.3. The second-order valence-corrected chi connectivity index (χ2v) is 11.7. The van der Waals surface area contributed by atoms with Crippen LogP contribution in [0.5, 0.6) is 0 Å². The van der Waals surface area contributed by atoms with Gasteiger partial charge in [0.2, 0.25) is 0 Å². The Kier molecular flexibility index (Phi) is 6.42. The molecule has 31 heavy (non-hydrogen) atoms. The summed E-state index contributed by atoms with van der Waals surface area (Å²) >= 11 is 7.74. The van der Waals surface area contributed by atoms with Gasteiger partial charge in [-0.2, -0.15) is 5.10 Å². The summed E-state index contributed by atoms with van der Waals surface area (Å²) < 4.78 is 25.9. The molecule has 1 aliphatic rings. The van der Waals surface area contributed by atoms with Crippen molar-refractivity contribution >= 4 is 48.9 Å². The minimum atomic E-state index is -3.06. The van der Waals surface area contributed by atoms with E-state index in [4.69, 9.17) is 11.6 Å². The van der Waals surface area contributed by atoms with Gasteiger partial charge in [0.1, 0.15) is 4.83 Å². The topological polar surface area (TPSA) is 72.3 Å². The molecule has 0 N–H and O–H groups in total. The minimum absolute atomic E-state index is 0.0622. The van der Waals surface area contributed by atoms with Gasteiger partial charge in [0.25, 0.3) is 5.91 Å². The first-order valence-electron chi connectivity index (χ1n) is 10.5. The van der Waals surface area contributed by atoms with Crippen LogP contribution in [0.1, 0.15) is 47.1 Å². The van der Waals surface area contributed by atoms with Crippen molar-refractivity contribution in [1.29, 1.82) is 0 Å². The Morgan fingerprint density at radius 1 is 1.35 bits per heavy atom. The summed E-state index contributed by atoms with van der Waals surface area (Å²) in [4.78, 5) is 16.8. The van der Waals surface area contributed by atoms with E-state index in [1.807, 2.05) is 41.9 Å². The standard InChI is InChI=1S/C22H26ClN3O3S2/c1-3-4-10-25(17-9-11-31(28,29)14-17)21(27)20-12-18-15(2)24-26(22(18)30-20)13-16-7-5-6-8-19(16)23/h5-8,12,17H,3-4,9-11,13-14H2,1-2H3/t17-/m0/s1. The number of carbonyl (C=O) groups excluding carboxylic acids is 1. The average Bonchev–Trinajstić information content (AvgIpc) is 3.39. The number of carbonyl (C=O) groups is 1. The highest BCUT2D eigenvalue weighted by Crippen LogP contribution is 2.31. The van der Waals surface area contributed by atoms with Crippen molar-refractivity contribution in [1.82, 2.24) is 14.7 Å². The van der Waals surface area contributed by atoms with Crippen molar-refractivity contribution in [2.24, 2.45) is 0 Å². The van der Waals surface area contributed by atoms with Gasteiger partial charge in [-0.25, -0.2) is 8.42 Å². The largest absolute Gasteiger partial charge is 0.334 e. The molecule has 3 heterocycles. The number of sulfone groups is 1. The lowest BCUT2D eigenvalue weighted by molar-refractivity contribution is 0.0699. The molecule has 1 atom stereocenters. The second-order valence-electron chi connectivity index (χ2n) is 8.07. The van der Waals surface area contributed by atoms with E-state index in [0.717, 1.165) is 34.3 Å². The molecule has 166 valence electrons. The summed E-state index contributed by atoms with van der Waals surface area (Å²) in [5.41, 5.74) is 1.83. The number of thiophene rings is 1. The van der Waals surface area contributed by atoms with E-state index in [1.54, 1.807) is 4.90 Å². The molecule has 0 saturated carbocycles. The Balaban J connectivity index is 1.65. The molecule has 1 aromatic carbocycles. The number of unbranched alkanes of at least 4 members (excludes halogenated alkanes) is 1. The maximum Gasteiger partial charge on any atom is 0.264 e. The van der Waals surface area contributed by atoms with E-state index in [-0.39, 0.29) is 23.5 Å². The molecule has 4 rings (SSSR count). The highest BCUT2D eigenvalue weighted by atomic mass is 35.5. The van der Waals surface area contributed by atoms with Crippen LogP contribution in [-0.2, 0) is 16.4 Å². The molecule has 6 nitrogen and oxygen atoms in total. The predicted octanol–water partition coefficient (Wildman–Crippen LogP) is 4.54. The van der Waals surface area contributed by atoms with Crippen molar-refractivity contribution in [2.75, 3.05) is 18.1 Å². The van der Waals surface area contributed by atoms with Crippen LogP contribution < -0.4 is 0 Å². The minimum Gasteiger partial charge on any atom is -0.334 e. The number of hydrogen-bond acceptors (Lipinski definition) is 5. The van der Waals surface area contributed by atoms with Gasteiger partial charge in [0.05, 0.1) is 28.6 Å². The Morgan fingerprint density at radius 3 is 2.81 bits per heavy atom. The van der Waals surface area contributed by atoms with Crippen LogP contribution in [0.2, 0.25) is 5.02 Å². The molecule has 1 saturated heterocycles. The number of hydrogen-bond donors (Lipinski definition) is 0. The molecule has 1 fully saturated rings. The monoisotopic (exact) mass is 479 g/mol. The van der Waals surface area contributed by atoms with Crippen molar-refractivity contribution in [2.45, 2.75) is 45.7 Å². The third-order valence-electron chi connectivity index (χ3n) is 5.76. The number of rotatable bonds is 7. The fourth-order valence-corrected chi connectivity index (χ4v) is 7.10. The zero-order chi connectivity index (χ0) is 22.2. The molecule has 3 aromatic rings. The molecule has 0 bridgehead atoms. The summed E-state index contributed by atoms with van der Waals surface area (Å²) in [5.74, 6) is 0.138. The molecule has 1 amide bonds. The van der Waals surface area contributed by atoms with E-state index < -0.39 is 9.84 Å². The van der Waals surface area contributed by atoms with Gasteiger partial charge in [-0.05, 0) is 37.5 Å². The van der Waals surface area contributed by atoms with Gasteiger partial charge in [0.15, 0.2) is 9.84 Å². The molecule has 0 radical (unpaired) electrons. The van der Waals surface area contributed by atoms with Gasteiger partial charge >= 0.3 is 0 Å². The molecule has 0 unspecified atom stereocenters. The highest BCUT2D eigenvalue weighted by Gasteiger charge is 2.35. The number of halogens is 1. The Labute approximate surface area is 191 Å². The number of amides is 1. The summed E-state index contributed by atoms with van der Waals surface area (Å²) in [6.45, 7) is 5.11. The first-order chi connectivity index (χ1) is 14.8. The number of aromatic nitrogens is 2. The first-order valence-corrected chi connectivity index (χ1v) is 13.5. The molecule has 2 aromatic heterocycles. The number of fused-ring (bicyclic) bond motifs is 1. The molecular formula is C22H26ClN3O3S2. The zero-order valence-electron chi connectivity index (χ0n) is 17.7. The summed E-state index contributed by atoms with van der Waals surface area (Å²) in [6.07, 6.45) is 2.32. The van der Waals surface area contributed by atoms with Crippen LogP contribution >= 0.6 is 22.9 Å². The molecule has 1 aliphatic heterocycles. The number of nitrogens with zero attached hydrogens (tertiary/aromatic N) is 3. The lowest BCUT2D eigenvalue weighted by atomic mass is 10.2. The third kappa shape index (κ3) is 4.66. The van der Waals surface area contributed by atoms with Crippen LogP contribution in [0.3, 0.4) is 0 Å². The summed E-state index contributed by atoms with van der Waals surface area (Å²) in [7, 11) is -3.06. The van der Waals surface area contributed by atoms with Crippen LogP contribution in [0.15, 0.2) is 30.3 Å². The van der Waals surface area contributed by atoms with Gasteiger partial charge in [-0.1, -0.05) is 43.1 Å². The van der Waals surface area contributed by atoms with Crippen LogP contribution in [0.4, 0.5) is 0 Å². The Hall–Kier alpha value is -1.90. The fourth-order valence-electron chi connectivity index (χ4n) is 4.05. The van der Waals surface area contributed by atoms with E-state index in [2.05, 4.69) is 12.0 Å². The fraction of sp³-hybridized carbons (Fsp3) is 0.455. The average molecular weight is 480 g/mol. The zero-order valence-corrected chi connectivity index (χ0v) is 20.1. The molecule has 9 heteroatoms. The maximum absolute atomic E-state index is 13.4. The molecule has 0 spiro atoms. The van der Waals surface area contributed by atoms with Crippen molar-refractivity contribution in [3.05, 3.63) is 51.5 Å². The lowest BCUT2D eigenvalue weighted by Gasteiger charge is -2.27. The van der Waals surface area contributed by atoms with E-state index >= 15 is 0 Å². The number of aryl methyl sites for hydroxylation is 1. The smallest absolute Gasteiger partial charge is 0.264 e. The second kappa shape index (κ2) is 8.92. The summed E-state index contributed by atoms with van der Waals surface area (Å²) in [5, 5.41) is 6.28. The van der Waals surface area contributed by atoms with Crippen molar-refractivity contribution in [3.8, 4) is 0 Å². The van der Waals surface area contributed by atoms with E-state index in [9.17, 15) is 13.2 Å². The quantitative estimate of drug-likeness (QED) is 0.498. The summed E-state index contributed by atoms with van der Waals surface area (Å²) in [6, 6.07) is 9.32. The van der Waals surface area contributed by atoms with Crippen LogP contribution in [0.25, 0.3) is 10.2 Å². The van der Waals surface area contributed by atoms with E-state index in [0.29, 0.717) is 29.4 Å². The third-order valence-corrected chi connectivity index (χ3v) is 9.01. The normalized spacial score (nSPS) is 18.0. The van der Waals surface area contributed by atoms with E-state index in [1.165, 1.54) is 11.3 Å². The van der Waals surface area contributed by atoms with Gasteiger partial charge in [-0.15, -0.1) is 11.3 Å². The number of benzene rings is 1. The van der Waals surface area contributed by atoms with Crippen LogP contribution in [-0.4, -0.2) is 53.1 Å². The Bertz CT molecular complexity index is 1220. The van der Waals surface area contributed by atoms with Crippen molar-refractivity contribution in [3.63, 3.8) is 0 Å². The molecule has 0 aliphatic carbocycles. The molecular weight excluding hydrogens is 454 g/mol. The van der Waals surface area contributed by atoms with Crippen molar-refractivity contribution < 1.29 is 13.2 Å². The lowest BCUT2D eigenvalue weighted by Crippen LogP contribution is -2.41. The van der Waals surface area contributed by atoms with Gasteiger partial charge < -0.3 is 4.90 Å². The van der Waals surface area contributed by atoms with Gasteiger partial charge in [0, 0.05) is 23.0 Å². The van der Waals surface area contributed by atoms with Gasteiger partial charge in [-0.3, -0.25) is 9.48 Å².